The largest absolute Gasteiger partial charge is 0.473 e. The van der Waals surface area contributed by atoms with E-state index < -0.39 is 17.8 Å². The maximum atomic E-state index is 14.0. The van der Waals surface area contributed by atoms with E-state index in [0.717, 1.165) is 44.0 Å². The number of amides is 1. The summed E-state index contributed by atoms with van der Waals surface area (Å²) >= 11 is 7.60. The van der Waals surface area contributed by atoms with E-state index in [2.05, 4.69) is 9.88 Å². The number of carboxylic acid groups (broad SMARTS) is 2. The van der Waals surface area contributed by atoms with E-state index >= 15 is 0 Å². The molecule has 1 aromatic carbocycles. The first kappa shape index (κ1) is 26.8. The Kier molecular flexibility index (Phi) is 9.82. The minimum Gasteiger partial charge on any atom is -0.473 e. The summed E-state index contributed by atoms with van der Waals surface area (Å²) in [5.41, 5.74) is 0.295. The molecule has 0 spiro atoms. The Hall–Kier alpha value is -2.76. The minimum atomic E-state index is -1.82. The van der Waals surface area contributed by atoms with Crippen molar-refractivity contribution in [2.75, 3.05) is 26.2 Å². The molecule has 190 valence electrons. The number of likely N-dealkylation sites (tertiary alicyclic amines) is 2. The smallest absolute Gasteiger partial charge is 0.414 e. The van der Waals surface area contributed by atoms with Crippen LogP contribution in [0.15, 0.2) is 29.8 Å². The second-order valence-electron chi connectivity index (χ2n) is 8.25. The lowest BCUT2D eigenvalue weighted by Gasteiger charge is -2.41. The molecule has 35 heavy (non-hydrogen) atoms. The molecular weight excluding hydrogens is 501 g/mol. The van der Waals surface area contributed by atoms with Crippen LogP contribution in [-0.4, -0.2) is 81.2 Å². The molecule has 0 radical (unpaired) electrons. The average Bonchev–Trinajstić information content (AvgIpc) is 3.35. The Morgan fingerprint density at radius 3 is 2.29 bits per heavy atom. The van der Waals surface area contributed by atoms with E-state index in [1.807, 2.05) is 10.3 Å². The number of halogens is 2. The van der Waals surface area contributed by atoms with Gasteiger partial charge in [0, 0.05) is 54.4 Å². The lowest BCUT2D eigenvalue weighted by molar-refractivity contribution is -0.159. The number of aromatic nitrogens is 1. The molecule has 1 amide bonds. The predicted octanol–water partition coefficient (Wildman–Crippen LogP) is 3.17. The lowest BCUT2D eigenvalue weighted by atomic mass is 9.98. The summed E-state index contributed by atoms with van der Waals surface area (Å²) in [5, 5.41) is 17.8. The fraction of sp³-hybridized carbons (Fsp3) is 0.478. The molecule has 0 saturated carbocycles. The number of carboxylic acids is 2. The van der Waals surface area contributed by atoms with E-state index in [9.17, 15) is 9.18 Å². The molecule has 2 fully saturated rings. The maximum Gasteiger partial charge on any atom is 0.414 e. The highest BCUT2D eigenvalue weighted by Gasteiger charge is 2.30. The number of thiazole rings is 1. The van der Waals surface area contributed by atoms with Gasteiger partial charge in [0.25, 0.3) is 5.19 Å². The molecule has 9 nitrogen and oxygen atoms in total. The van der Waals surface area contributed by atoms with Gasteiger partial charge < -0.3 is 19.8 Å². The Morgan fingerprint density at radius 2 is 1.74 bits per heavy atom. The summed E-state index contributed by atoms with van der Waals surface area (Å²) in [6, 6.07) is 5.03. The Balaban J connectivity index is 0.000000509. The molecule has 3 heterocycles. The van der Waals surface area contributed by atoms with Crippen molar-refractivity contribution in [3.8, 4) is 5.19 Å². The quantitative estimate of drug-likeness (QED) is 0.569. The summed E-state index contributed by atoms with van der Waals surface area (Å²) in [4.78, 5) is 39.4. The number of hydrogen-bond acceptors (Lipinski definition) is 7. The van der Waals surface area contributed by atoms with Gasteiger partial charge in [-0.3, -0.25) is 9.69 Å². The molecule has 2 aromatic rings. The number of ether oxygens (including phenoxy) is 1. The number of carbonyl (C=O) groups excluding carboxylic acids is 1. The van der Waals surface area contributed by atoms with Gasteiger partial charge in [0.1, 0.15) is 11.9 Å². The summed E-state index contributed by atoms with van der Waals surface area (Å²) < 4.78 is 19.9. The number of piperidine rings is 2. The molecule has 12 heteroatoms. The number of aliphatic carboxylic acids is 2. The van der Waals surface area contributed by atoms with Crippen molar-refractivity contribution in [1.29, 1.82) is 0 Å². The zero-order valence-corrected chi connectivity index (χ0v) is 20.5. The summed E-state index contributed by atoms with van der Waals surface area (Å²) in [5.74, 6) is -4.11. The molecule has 0 aliphatic carbocycles. The summed E-state index contributed by atoms with van der Waals surface area (Å²) in [7, 11) is 0. The van der Waals surface area contributed by atoms with Gasteiger partial charge in [0.05, 0.1) is 6.42 Å². The first-order valence-electron chi connectivity index (χ1n) is 11.2. The predicted molar refractivity (Wildman–Crippen MR) is 127 cm³/mol. The maximum absolute atomic E-state index is 14.0. The van der Waals surface area contributed by atoms with Crippen molar-refractivity contribution in [1.82, 2.24) is 14.8 Å². The van der Waals surface area contributed by atoms with Gasteiger partial charge in [-0.05, 0) is 37.8 Å². The van der Waals surface area contributed by atoms with Gasteiger partial charge in [-0.1, -0.05) is 29.0 Å². The third kappa shape index (κ3) is 7.87. The summed E-state index contributed by atoms with van der Waals surface area (Å²) in [6.45, 7) is 3.45. The van der Waals surface area contributed by atoms with Gasteiger partial charge in [0.2, 0.25) is 5.91 Å². The van der Waals surface area contributed by atoms with Crippen LogP contribution in [0.25, 0.3) is 0 Å². The van der Waals surface area contributed by atoms with Gasteiger partial charge in [-0.15, -0.1) is 0 Å². The molecule has 1 aromatic heterocycles. The fourth-order valence-electron chi connectivity index (χ4n) is 4.21. The first-order chi connectivity index (χ1) is 16.7. The van der Waals surface area contributed by atoms with Crippen molar-refractivity contribution in [3.63, 3.8) is 0 Å². The summed E-state index contributed by atoms with van der Waals surface area (Å²) in [6.07, 6.45) is 5.95. The van der Waals surface area contributed by atoms with Crippen LogP contribution in [0.3, 0.4) is 0 Å². The Labute approximate surface area is 211 Å². The number of hydrogen-bond donors (Lipinski definition) is 2. The van der Waals surface area contributed by atoms with Crippen molar-refractivity contribution >= 4 is 40.8 Å². The molecule has 0 atom stereocenters. The topological polar surface area (TPSA) is 120 Å². The fourth-order valence-corrected chi connectivity index (χ4v) is 5.00. The second kappa shape index (κ2) is 12.8. The van der Waals surface area contributed by atoms with E-state index in [0.29, 0.717) is 29.7 Å². The van der Waals surface area contributed by atoms with Crippen molar-refractivity contribution in [3.05, 3.63) is 46.2 Å². The highest BCUT2D eigenvalue weighted by atomic mass is 35.5. The second-order valence-corrected chi connectivity index (χ2v) is 9.51. The van der Waals surface area contributed by atoms with Crippen LogP contribution in [0.4, 0.5) is 4.39 Å². The monoisotopic (exact) mass is 527 g/mol. The molecule has 0 unspecified atom stereocenters. The lowest BCUT2D eigenvalue weighted by Crippen LogP contribution is -2.50. The van der Waals surface area contributed by atoms with Crippen LogP contribution in [0.1, 0.15) is 31.2 Å². The van der Waals surface area contributed by atoms with Crippen LogP contribution >= 0.6 is 22.9 Å². The van der Waals surface area contributed by atoms with E-state index in [4.69, 9.17) is 36.1 Å². The van der Waals surface area contributed by atoms with Crippen LogP contribution in [-0.2, 0) is 20.8 Å². The molecule has 0 bridgehead atoms. The number of nitrogens with zero attached hydrogens (tertiary/aromatic N) is 3. The standard InChI is InChI=1S/C21H25ClFN3O2S.C2H2O4/c22-18-2-1-3-19(23)17(18)14-20(27)26-9-4-15(5-10-26)25-11-6-16(7-12-25)28-21-24-8-13-29-21;3-1(4)2(5)6/h1-3,8,13,15-16H,4-7,9-12,14H2;(H,3,4)(H,5,6). The number of carbonyl (C=O) groups is 3. The Bertz CT molecular complexity index is 976. The van der Waals surface area contributed by atoms with Crippen LogP contribution in [0, 0.1) is 5.82 Å². The number of rotatable bonds is 5. The van der Waals surface area contributed by atoms with E-state index in [1.54, 1.807) is 18.3 Å². The SMILES string of the molecule is O=C(Cc1c(F)cccc1Cl)N1CCC(N2CCC(Oc3nccs3)CC2)CC1.O=C(O)C(=O)O. The average molecular weight is 528 g/mol. The van der Waals surface area contributed by atoms with Gasteiger partial charge >= 0.3 is 11.9 Å². The van der Waals surface area contributed by atoms with Gasteiger partial charge in [-0.25, -0.2) is 19.0 Å². The molecule has 2 aliphatic heterocycles. The molecule has 2 N–H and O–H groups in total. The molecule has 2 saturated heterocycles. The van der Waals surface area contributed by atoms with Crippen molar-refractivity contribution < 1.29 is 33.7 Å². The van der Waals surface area contributed by atoms with E-state index in [1.165, 1.54) is 17.4 Å². The van der Waals surface area contributed by atoms with Gasteiger partial charge in [0.15, 0.2) is 0 Å². The minimum absolute atomic E-state index is 0.0235. The first-order valence-corrected chi connectivity index (χ1v) is 12.5. The third-order valence-electron chi connectivity index (χ3n) is 6.06. The highest BCUT2D eigenvalue weighted by Crippen LogP contribution is 2.26. The van der Waals surface area contributed by atoms with E-state index in [-0.39, 0.29) is 18.4 Å². The van der Waals surface area contributed by atoms with Crippen LogP contribution in [0.2, 0.25) is 5.02 Å². The third-order valence-corrected chi connectivity index (χ3v) is 7.08. The van der Waals surface area contributed by atoms with Crippen LogP contribution in [0.5, 0.6) is 5.19 Å². The highest BCUT2D eigenvalue weighted by molar-refractivity contribution is 7.11. The molecule has 2 aliphatic rings. The molecular formula is C23H27ClFN3O6S. The molecule has 4 rings (SSSR count). The zero-order chi connectivity index (χ0) is 25.4. The Morgan fingerprint density at radius 1 is 1.09 bits per heavy atom. The van der Waals surface area contributed by atoms with Crippen molar-refractivity contribution in [2.24, 2.45) is 0 Å². The normalized spacial score (nSPS) is 17.4. The van der Waals surface area contributed by atoms with Gasteiger partial charge in [-0.2, -0.15) is 0 Å². The van der Waals surface area contributed by atoms with Crippen LogP contribution < -0.4 is 4.74 Å². The zero-order valence-electron chi connectivity index (χ0n) is 18.9. The number of benzene rings is 1. The van der Waals surface area contributed by atoms with Crippen molar-refractivity contribution in [2.45, 2.75) is 44.2 Å².